The summed E-state index contributed by atoms with van der Waals surface area (Å²) in [6, 6.07) is 0.952. The van der Waals surface area contributed by atoms with E-state index in [4.69, 9.17) is 0 Å². The first-order valence-corrected chi connectivity index (χ1v) is 7.52. The normalized spacial score (nSPS) is 18.1. The number of hydrogen-bond acceptors (Lipinski definition) is 3. The molecule has 3 nitrogen and oxygen atoms in total. The highest BCUT2D eigenvalue weighted by Gasteiger charge is 2.31. The van der Waals surface area contributed by atoms with Gasteiger partial charge in [0, 0.05) is 25.7 Å². The minimum atomic E-state index is -0.620. The second kappa shape index (κ2) is 5.54. The topological polar surface area (TPSA) is 28.2 Å². The monoisotopic (exact) mass is 281 g/mol. The number of aromatic nitrogens is 1. The molecule has 2 saturated carbocycles. The zero-order chi connectivity index (χ0) is 14.1. The molecule has 0 bridgehead atoms. The average molecular weight is 281 g/mol. The predicted molar refractivity (Wildman–Crippen MR) is 76.0 cm³/mol. The minimum absolute atomic E-state index is 0.153. The molecule has 0 radical (unpaired) electrons. The Morgan fingerprint density at radius 2 is 1.75 bits per heavy atom. The quantitative estimate of drug-likeness (QED) is 0.830. The Labute approximate surface area is 118 Å². The van der Waals surface area contributed by atoms with Crippen molar-refractivity contribution in [2.45, 2.75) is 32.6 Å². The third-order valence-electron chi connectivity index (χ3n) is 3.91. The summed E-state index contributed by atoms with van der Waals surface area (Å²) in [5.41, 5.74) is 0. The predicted octanol–water partition coefficient (Wildman–Crippen LogP) is 3.42. The molecule has 2 aliphatic rings. The van der Waals surface area contributed by atoms with E-state index in [0.29, 0.717) is 24.2 Å². The van der Waals surface area contributed by atoms with Crippen LogP contribution in [0.5, 0.6) is 0 Å². The fraction of sp³-hybridized carbons (Fsp3) is 0.667. The lowest BCUT2D eigenvalue weighted by molar-refractivity contribution is 0.562. The molecule has 2 fully saturated rings. The first-order chi connectivity index (χ1) is 9.67. The Balaban J connectivity index is 1.84. The molecule has 5 heteroatoms. The van der Waals surface area contributed by atoms with Crippen LogP contribution in [0.25, 0.3) is 0 Å². The van der Waals surface area contributed by atoms with E-state index in [9.17, 15) is 8.78 Å². The number of rotatable bonds is 7. The molecule has 0 atom stereocenters. The van der Waals surface area contributed by atoms with E-state index < -0.39 is 11.6 Å². The van der Waals surface area contributed by atoms with Gasteiger partial charge in [0.05, 0.1) is 0 Å². The van der Waals surface area contributed by atoms with Crippen LogP contribution in [0, 0.1) is 23.5 Å². The van der Waals surface area contributed by atoms with Crippen LogP contribution in [0.4, 0.5) is 20.4 Å². The van der Waals surface area contributed by atoms with Gasteiger partial charge in [-0.3, -0.25) is 0 Å². The summed E-state index contributed by atoms with van der Waals surface area (Å²) in [6.07, 6.45) is 4.85. The number of pyridine rings is 1. The van der Waals surface area contributed by atoms with E-state index in [-0.39, 0.29) is 5.82 Å². The molecule has 1 aromatic heterocycles. The maximum absolute atomic E-state index is 14.1. The van der Waals surface area contributed by atoms with Gasteiger partial charge in [-0.1, -0.05) is 0 Å². The SMILES string of the molecule is CCNc1nc(N(CC2CC2)CC2CC2)c(F)cc1F. The molecule has 0 aromatic carbocycles. The molecule has 1 heterocycles. The smallest absolute Gasteiger partial charge is 0.168 e. The summed E-state index contributed by atoms with van der Waals surface area (Å²) < 4.78 is 27.7. The van der Waals surface area contributed by atoms with Crippen LogP contribution in [0.3, 0.4) is 0 Å². The number of nitrogens with one attached hydrogen (secondary N) is 1. The Bertz CT molecular complexity index is 470. The molecule has 3 rings (SSSR count). The first-order valence-electron chi connectivity index (χ1n) is 7.52. The zero-order valence-electron chi connectivity index (χ0n) is 11.8. The highest BCUT2D eigenvalue weighted by Crippen LogP contribution is 2.36. The van der Waals surface area contributed by atoms with Gasteiger partial charge in [0.2, 0.25) is 0 Å². The summed E-state index contributed by atoms with van der Waals surface area (Å²) in [5, 5.41) is 2.86. The van der Waals surface area contributed by atoms with E-state index in [2.05, 4.69) is 10.3 Å². The van der Waals surface area contributed by atoms with Gasteiger partial charge in [0.15, 0.2) is 23.3 Å². The maximum Gasteiger partial charge on any atom is 0.168 e. The summed E-state index contributed by atoms with van der Waals surface area (Å²) in [6.45, 7) is 4.13. The van der Waals surface area contributed by atoms with E-state index >= 15 is 0 Å². The molecule has 2 aliphatic carbocycles. The molecule has 0 saturated heterocycles. The van der Waals surface area contributed by atoms with Crippen LogP contribution in [0.1, 0.15) is 32.6 Å². The standard InChI is InChI=1S/C15H21F2N3/c1-2-18-14-12(16)7-13(17)15(19-14)20(8-10-3-4-10)9-11-5-6-11/h7,10-11H,2-6,8-9H2,1H3,(H,18,19). The zero-order valence-corrected chi connectivity index (χ0v) is 11.8. The molecule has 0 amide bonds. The molecule has 1 N–H and O–H groups in total. The second-order valence-corrected chi connectivity index (χ2v) is 5.95. The molecule has 0 aliphatic heterocycles. The molecule has 20 heavy (non-hydrogen) atoms. The fourth-order valence-corrected chi connectivity index (χ4v) is 2.44. The van der Waals surface area contributed by atoms with Crippen LogP contribution < -0.4 is 10.2 Å². The largest absolute Gasteiger partial charge is 0.368 e. The Hall–Kier alpha value is -1.39. The molecular formula is C15H21F2N3. The third-order valence-corrected chi connectivity index (χ3v) is 3.91. The summed E-state index contributed by atoms with van der Waals surface area (Å²) >= 11 is 0. The van der Waals surface area contributed by atoms with Gasteiger partial charge >= 0.3 is 0 Å². The lowest BCUT2D eigenvalue weighted by Gasteiger charge is -2.24. The van der Waals surface area contributed by atoms with Crippen LogP contribution in [-0.4, -0.2) is 24.6 Å². The maximum atomic E-state index is 14.1. The van der Waals surface area contributed by atoms with Crippen molar-refractivity contribution >= 4 is 11.6 Å². The highest BCUT2D eigenvalue weighted by molar-refractivity contribution is 5.49. The van der Waals surface area contributed by atoms with Crippen LogP contribution in [-0.2, 0) is 0 Å². The minimum Gasteiger partial charge on any atom is -0.368 e. The summed E-state index contributed by atoms with van der Waals surface area (Å²) in [5.74, 6) is 0.600. The van der Waals surface area contributed by atoms with Gasteiger partial charge in [0.1, 0.15) is 0 Å². The van der Waals surface area contributed by atoms with Gasteiger partial charge in [-0.2, -0.15) is 0 Å². The van der Waals surface area contributed by atoms with Gasteiger partial charge in [-0.25, -0.2) is 13.8 Å². The van der Waals surface area contributed by atoms with Crippen LogP contribution in [0.2, 0.25) is 0 Å². The van der Waals surface area contributed by atoms with Gasteiger partial charge in [-0.05, 0) is 44.4 Å². The van der Waals surface area contributed by atoms with Crippen LogP contribution >= 0.6 is 0 Å². The van der Waals surface area contributed by atoms with Crippen molar-refractivity contribution in [1.82, 2.24) is 4.98 Å². The third kappa shape index (κ3) is 3.19. The van der Waals surface area contributed by atoms with Crippen molar-refractivity contribution in [3.63, 3.8) is 0 Å². The molecular weight excluding hydrogens is 260 g/mol. The number of nitrogens with zero attached hydrogens (tertiary/aromatic N) is 2. The van der Waals surface area contributed by atoms with E-state index in [1.807, 2.05) is 11.8 Å². The molecule has 0 spiro atoms. The Morgan fingerprint density at radius 1 is 1.15 bits per heavy atom. The van der Waals surface area contributed by atoms with Crippen molar-refractivity contribution in [2.24, 2.45) is 11.8 Å². The highest BCUT2D eigenvalue weighted by atomic mass is 19.1. The van der Waals surface area contributed by atoms with Crippen molar-refractivity contribution in [3.8, 4) is 0 Å². The van der Waals surface area contributed by atoms with Crippen LogP contribution in [0.15, 0.2) is 6.07 Å². The Kier molecular flexibility index (Phi) is 3.76. The van der Waals surface area contributed by atoms with Crippen molar-refractivity contribution in [2.75, 3.05) is 29.9 Å². The van der Waals surface area contributed by atoms with Gasteiger partial charge in [0.25, 0.3) is 0 Å². The fourth-order valence-electron chi connectivity index (χ4n) is 2.44. The van der Waals surface area contributed by atoms with E-state index in [1.165, 1.54) is 25.7 Å². The molecule has 0 unspecified atom stereocenters. The Morgan fingerprint density at radius 3 is 2.25 bits per heavy atom. The van der Waals surface area contributed by atoms with Crippen molar-refractivity contribution in [1.29, 1.82) is 0 Å². The lowest BCUT2D eigenvalue weighted by atomic mass is 10.3. The average Bonchev–Trinajstić information content (AvgIpc) is 3.27. The number of halogens is 2. The number of hydrogen-bond donors (Lipinski definition) is 1. The molecule has 1 aromatic rings. The first kappa shape index (κ1) is 13.6. The van der Waals surface area contributed by atoms with E-state index in [1.54, 1.807) is 0 Å². The summed E-state index contributed by atoms with van der Waals surface area (Å²) in [7, 11) is 0. The number of anilines is 2. The van der Waals surface area contributed by atoms with E-state index in [0.717, 1.165) is 19.2 Å². The van der Waals surface area contributed by atoms with Gasteiger partial charge in [-0.15, -0.1) is 0 Å². The lowest BCUT2D eigenvalue weighted by Crippen LogP contribution is -2.30. The van der Waals surface area contributed by atoms with Gasteiger partial charge < -0.3 is 10.2 Å². The summed E-state index contributed by atoms with van der Waals surface area (Å²) in [4.78, 5) is 6.21. The molecule has 110 valence electrons. The van der Waals surface area contributed by atoms with Crippen molar-refractivity contribution in [3.05, 3.63) is 17.7 Å². The van der Waals surface area contributed by atoms with Crippen molar-refractivity contribution < 1.29 is 8.78 Å². The second-order valence-electron chi connectivity index (χ2n) is 5.95.